The minimum atomic E-state index is -0.205. The van der Waals surface area contributed by atoms with E-state index >= 15 is 0 Å². The number of allylic oxidation sites excluding steroid dienone is 1. The highest BCUT2D eigenvalue weighted by Gasteiger charge is 2.37. The van der Waals surface area contributed by atoms with E-state index in [1.54, 1.807) is 0 Å². The van der Waals surface area contributed by atoms with Crippen LogP contribution in [0.3, 0.4) is 0 Å². The Morgan fingerprint density at radius 1 is 1.06 bits per heavy atom. The van der Waals surface area contributed by atoms with Gasteiger partial charge in [0.1, 0.15) is 5.82 Å². The van der Waals surface area contributed by atoms with E-state index in [1.807, 2.05) is 42.6 Å². The molecule has 0 amide bonds. The molecule has 1 aromatic heterocycles. The molecule has 0 bridgehead atoms. The van der Waals surface area contributed by atoms with Gasteiger partial charge >= 0.3 is 0 Å². The molecule has 4 heteroatoms. The summed E-state index contributed by atoms with van der Waals surface area (Å²) >= 11 is 6.16. The van der Waals surface area contributed by atoms with Crippen molar-refractivity contribution < 1.29 is 4.39 Å². The number of nitrogens with zero attached hydrogens (tertiary/aromatic N) is 2. The molecule has 1 saturated carbocycles. The number of hydrogen-bond acceptors (Lipinski definition) is 2. The Bertz CT molecular complexity index is 998. The second kappa shape index (κ2) is 9.65. The zero-order chi connectivity index (χ0) is 21.8. The van der Waals surface area contributed by atoms with Crippen LogP contribution in [0.25, 0.3) is 0 Å². The van der Waals surface area contributed by atoms with Crippen molar-refractivity contribution in [3.63, 3.8) is 0 Å². The monoisotopic (exact) mass is 434 g/mol. The fourth-order valence-corrected chi connectivity index (χ4v) is 4.36. The average molecular weight is 435 g/mol. The SMILES string of the molecule is C=C(C[C@@H](C)c1ccc(F)cc1)N(Cc1ccccn1)[C@H](c1ccc(Cl)cc1)C1CC1. The van der Waals surface area contributed by atoms with E-state index in [4.69, 9.17) is 11.6 Å². The second-order valence-corrected chi connectivity index (χ2v) is 8.94. The van der Waals surface area contributed by atoms with Gasteiger partial charge in [0.05, 0.1) is 18.3 Å². The van der Waals surface area contributed by atoms with Crippen LogP contribution in [0.1, 0.15) is 55.0 Å². The third-order valence-electron chi connectivity index (χ3n) is 6.06. The lowest BCUT2D eigenvalue weighted by atomic mass is 9.93. The molecule has 2 nitrogen and oxygen atoms in total. The summed E-state index contributed by atoms with van der Waals surface area (Å²) in [7, 11) is 0. The first kappa shape index (κ1) is 21.6. The molecule has 1 aliphatic carbocycles. The van der Waals surface area contributed by atoms with Crippen molar-refractivity contribution in [2.24, 2.45) is 5.92 Å². The predicted octanol–water partition coefficient (Wildman–Crippen LogP) is 7.53. The maximum Gasteiger partial charge on any atom is 0.123 e. The van der Waals surface area contributed by atoms with Crippen molar-refractivity contribution in [1.29, 1.82) is 0 Å². The first-order chi connectivity index (χ1) is 15.0. The number of aromatic nitrogens is 1. The van der Waals surface area contributed by atoms with Gasteiger partial charge in [0.25, 0.3) is 0 Å². The van der Waals surface area contributed by atoms with Gasteiger partial charge in [-0.05, 0) is 78.6 Å². The quantitative estimate of drug-likeness (QED) is 0.346. The van der Waals surface area contributed by atoms with E-state index in [2.05, 4.69) is 41.6 Å². The Hall–Kier alpha value is -2.65. The van der Waals surface area contributed by atoms with Crippen LogP contribution in [0.2, 0.25) is 5.02 Å². The van der Waals surface area contributed by atoms with Crippen LogP contribution in [0.5, 0.6) is 0 Å². The van der Waals surface area contributed by atoms with Gasteiger partial charge < -0.3 is 4.90 Å². The van der Waals surface area contributed by atoms with Gasteiger partial charge in [-0.15, -0.1) is 0 Å². The molecule has 1 fully saturated rings. The molecule has 0 N–H and O–H groups in total. The number of pyridine rings is 1. The number of hydrogen-bond donors (Lipinski definition) is 0. The van der Waals surface area contributed by atoms with Gasteiger partial charge in [0.2, 0.25) is 0 Å². The van der Waals surface area contributed by atoms with Crippen LogP contribution in [0, 0.1) is 11.7 Å². The zero-order valence-electron chi connectivity index (χ0n) is 17.8. The highest BCUT2D eigenvalue weighted by Crippen LogP contribution is 2.47. The number of rotatable bonds is 9. The fraction of sp³-hybridized carbons (Fsp3) is 0.296. The van der Waals surface area contributed by atoms with Crippen molar-refractivity contribution in [2.75, 3.05) is 0 Å². The largest absolute Gasteiger partial charge is 0.362 e. The number of halogens is 2. The van der Waals surface area contributed by atoms with Crippen molar-refractivity contribution in [1.82, 2.24) is 9.88 Å². The topological polar surface area (TPSA) is 16.1 Å². The van der Waals surface area contributed by atoms with E-state index in [0.717, 1.165) is 28.4 Å². The highest BCUT2D eigenvalue weighted by molar-refractivity contribution is 6.30. The summed E-state index contributed by atoms with van der Waals surface area (Å²) < 4.78 is 13.4. The van der Waals surface area contributed by atoms with Crippen LogP contribution >= 0.6 is 11.6 Å². The standard InChI is InChI=1S/C27H28ClFN2/c1-19(21-10-14-25(29)15-11-21)17-20(2)31(18-26-5-3-4-16-30-26)27(22-6-7-22)23-8-12-24(28)13-9-23/h3-5,8-16,19,22,27H,2,6-7,17-18H2,1H3/t19-,27+/m1/s1. The van der Waals surface area contributed by atoms with Crippen LogP contribution in [0.4, 0.5) is 4.39 Å². The molecule has 0 unspecified atom stereocenters. The summed E-state index contributed by atoms with van der Waals surface area (Å²) in [5.41, 5.74) is 4.49. The molecule has 4 rings (SSSR count). The lowest BCUT2D eigenvalue weighted by molar-refractivity contribution is 0.210. The van der Waals surface area contributed by atoms with Gasteiger partial charge in [0, 0.05) is 16.9 Å². The fourth-order valence-electron chi connectivity index (χ4n) is 4.23. The summed E-state index contributed by atoms with van der Waals surface area (Å²) in [6.45, 7) is 7.39. The zero-order valence-corrected chi connectivity index (χ0v) is 18.6. The van der Waals surface area contributed by atoms with E-state index in [9.17, 15) is 4.39 Å². The van der Waals surface area contributed by atoms with Gasteiger partial charge in [0.15, 0.2) is 0 Å². The summed E-state index contributed by atoms with van der Waals surface area (Å²) in [5.74, 6) is 0.634. The van der Waals surface area contributed by atoms with E-state index < -0.39 is 0 Å². The Balaban J connectivity index is 1.61. The maximum atomic E-state index is 13.4. The lowest BCUT2D eigenvalue weighted by Gasteiger charge is -2.36. The molecule has 160 valence electrons. The third-order valence-corrected chi connectivity index (χ3v) is 6.31. The van der Waals surface area contributed by atoms with Crippen molar-refractivity contribution >= 4 is 11.6 Å². The Morgan fingerprint density at radius 2 is 1.74 bits per heavy atom. The smallest absolute Gasteiger partial charge is 0.123 e. The third kappa shape index (κ3) is 5.54. The Kier molecular flexibility index (Phi) is 6.72. The molecule has 0 radical (unpaired) electrons. The molecule has 1 aliphatic rings. The Morgan fingerprint density at radius 3 is 2.35 bits per heavy atom. The molecule has 1 heterocycles. The van der Waals surface area contributed by atoms with Crippen LogP contribution in [-0.4, -0.2) is 9.88 Å². The van der Waals surface area contributed by atoms with Crippen LogP contribution in [0.15, 0.2) is 85.2 Å². The molecule has 3 aromatic rings. The molecule has 0 aliphatic heterocycles. The minimum absolute atomic E-state index is 0.205. The second-order valence-electron chi connectivity index (χ2n) is 8.51. The minimum Gasteiger partial charge on any atom is -0.362 e. The van der Waals surface area contributed by atoms with Crippen LogP contribution in [-0.2, 0) is 6.54 Å². The predicted molar refractivity (Wildman–Crippen MR) is 125 cm³/mol. The first-order valence-corrected chi connectivity index (χ1v) is 11.2. The van der Waals surface area contributed by atoms with Crippen molar-refractivity contribution in [3.8, 4) is 0 Å². The van der Waals surface area contributed by atoms with Gasteiger partial charge in [-0.1, -0.05) is 55.4 Å². The van der Waals surface area contributed by atoms with Crippen LogP contribution < -0.4 is 0 Å². The van der Waals surface area contributed by atoms with Crippen molar-refractivity contribution in [2.45, 2.75) is 44.7 Å². The Labute approximate surface area is 189 Å². The molecule has 0 spiro atoms. The molecule has 0 saturated heterocycles. The van der Waals surface area contributed by atoms with Gasteiger partial charge in [-0.2, -0.15) is 0 Å². The molecular weight excluding hydrogens is 407 g/mol. The van der Waals surface area contributed by atoms with E-state index in [-0.39, 0.29) is 17.8 Å². The van der Waals surface area contributed by atoms with E-state index in [1.165, 1.54) is 30.5 Å². The molecule has 2 aromatic carbocycles. The molecule has 2 atom stereocenters. The van der Waals surface area contributed by atoms with Gasteiger partial charge in [-0.3, -0.25) is 4.98 Å². The normalized spacial score (nSPS) is 15.3. The van der Waals surface area contributed by atoms with Gasteiger partial charge in [-0.25, -0.2) is 4.39 Å². The average Bonchev–Trinajstić information content (AvgIpc) is 3.61. The summed E-state index contributed by atoms with van der Waals surface area (Å²) in [6, 6.07) is 21.3. The summed E-state index contributed by atoms with van der Waals surface area (Å²) in [6.07, 6.45) is 5.07. The van der Waals surface area contributed by atoms with E-state index in [0.29, 0.717) is 12.5 Å². The lowest BCUT2D eigenvalue weighted by Crippen LogP contribution is -2.30. The molecular formula is C27H28ClFN2. The summed E-state index contributed by atoms with van der Waals surface area (Å²) in [5, 5.41) is 0.748. The maximum absolute atomic E-state index is 13.4. The highest BCUT2D eigenvalue weighted by atomic mass is 35.5. The first-order valence-electron chi connectivity index (χ1n) is 10.9. The summed E-state index contributed by atoms with van der Waals surface area (Å²) in [4.78, 5) is 6.99. The number of benzene rings is 2. The van der Waals surface area contributed by atoms with Crippen molar-refractivity contribution in [3.05, 3.63) is 113 Å². The molecule has 31 heavy (non-hydrogen) atoms.